The molecular formula is C15H28ClNO. The maximum absolute atomic E-state index is 12.7. The van der Waals surface area contributed by atoms with E-state index in [1.165, 1.54) is 6.42 Å². The number of hydrogen-bond acceptors (Lipinski definition) is 1. The lowest BCUT2D eigenvalue weighted by molar-refractivity contribution is -0.899. The number of nitrogens with one attached hydrogen (secondary N) is 1. The van der Waals surface area contributed by atoms with Gasteiger partial charge in [-0.1, -0.05) is 20.8 Å². The van der Waals surface area contributed by atoms with E-state index in [-0.39, 0.29) is 23.2 Å². The minimum Gasteiger partial charge on any atom is -1.00 e. The molecule has 0 aromatic carbocycles. The fourth-order valence-electron chi connectivity index (χ4n) is 4.36. The molecule has 2 nitrogen and oxygen atoms in total. The SMILES string of the molecule is CC[NH+](CC)CC1C(=O)C2(C)CCC1C2(C)C.[Cl-]. The van der Waals surface area contributed by atoms with Crippen LogP contribution in [0.15, 0.2) is 0 Å². The fraction of sp³-hybridized carbons (Fsp3) is 0.933. The van der Waals surface area contributed by atoms with E-state index in [4.69, 9.17) is 0 Å². The molecule has 2 bridgehead atoms. The number of rotatable bonds is 4. The van der Waals surface area contributed by atoms with E-state index in [0.29, 0.717) is 17.6 Å². The van der Waals surface area contributed by atoms with Crippen LogP contribution in [0.3, 0.4) is 0 Å². The molecule has 1 N–H and O–H groups in total. The topological polar surface area (TPSA) is 21.5 Å². The predicted octanol–water partition coefficient (Wildman–Crippen LogP) is -1.44. The van der Waals surface area contributed by atoms with Crippen molar-refractivity contribution in [3.05, 3.63) is 0 Å². The summed E-state index contributed by atoms with van der Waals surface area (Å²) >= 11 is 0. The first kappa shape index (κ1) is 16.0. The average molecular weight is 274 g/mol. The van der Waals surface area contributed by atoms with Crippen LogP contribution in [0.4, 0.5) is 0 Å². The molecule has 0 aromatic heterocycles. The maximum atomic E-state index is 12.7. The van der Waals surface area contributed by atoms with Gasteiger partial charge < -0.3 is 17.3 Å². The summed E-state index contributed by atoms with van der Waals surface area (Å²) in [5, 5.41) is 0. The third-order valence-electron chi connectivity index (χ3n) is 6.18. The lowest BCUT2D eigenvalue weighted by atomic mass is 9.70. The minimum atomic E-state index is -0.0328. The predicted molar refractivity (Wildman–Crippen MR) is 70.0 cm³/mol. The van der Waals surface area contributed by atoms with Gasteiger partial charge in [-0.2, -0.15) is 0 Å². The molecule has 0 radical (unpaired) electrons. The first-order valence-corrected chi connectivity index (χ1v) is 7.26. The zero-order valence-electron chi connectivity index (χ0n) is 12.5. The molecule has 0 aliphatic heterocycles. The van der Waals surface area contributed by atoms with Gasteiger partial charge in [-0.05, 0) is 38.0 Å². The Balaban J connectivity index is 0.00000162. The Labute approximate surface area is 118 Å². The molecule has 0 aromatic rings. The van der Waals surface area contributed by atoms with Crippen molar-refractivity contribution >= 4 is 5.78 Å². The summed E-state index contributed by atoms with van der Waals surface area (Å²) in [6.45, 7) is 14.7. The molecular weight excluding hydrogens is 246 g/mol. The minimum absolute atomic E-state index is 0. The Morgan fingerprint density at radius 2 is 1.78 bits per heavy atom. The van der Waals surface area contributed by atoms with E-state index in [9.17, 15) is 4.79 Å². The molecule has 0 amide bonds. The van der Waals surface area contributed by atoms with Gasteiger partial charge in [0.2, 0.25) is 0 Å². The van der Waals surface area contributed by atoms with Gasteiger partial charge >= 0.3 is 0 Å². The van der Waals surface area contributed by atoms with Crippen LogP contribution in [0, 0.1) is 22.7 Å². The second kappa shape index (κ2) is 5.13. The average Bonchev–Trinajstić information content (AvgIpc) is 2.59. The van der Waals surface area contributed by atoms with Crippen molar-refractivity contribution in [1.82, 2.24) is 0 Å². The lowest BCUT2D eigenvalue weighted by Crippen LogP contribution is -3.12. The highest BCUT2D eigenvalue weighted by atomic mass is 35.5. The second-order valence-electron chi connectivity index (χ2n) is 6.83. The van der Waals surface area contributed by atoms with Gasteiger partial charge in [0, 0.05) is 5.41 Å². The van der Waals surface area contributed by atoms with Gasteiger partial charge in [0.15, 0.2) is 0 Å². The Morgan fingerprint density at radius 3 is 2.17 bits per heavy atom. The number of carbonyl (C=O) groups excluding carboxylic acids is 1. The molecule has 3 unspecified atom stereocenters. The van der Waals surface area contributed by atoms with Crippen molar-refractivity contribution in [2.75, 3.05) is 19.6 Å². The van der Waals surface area contributed by atoms with Crippen molar-refractivity contribution in [1.29, 1.82) is 0 Å². The molecule has 2 saturated carbocycles. The van der Waals surface area contributed by atoms with Gasteiger partial charge in [-0.15, -0.1) is 0 Å². The van der Waals surface area contributed by atoms with Crippen molar-refractivity contribution in [3.63, 3.8) is 0 Å². The van der Waals surface area contributed by atoms with E-state index < -0.39 is 0 Å². The third kappa shape index (κ3) is 1.92. The first-order chi connectivity index (χ1) is 7.88. The van der Waals surface area contributed by atoms with E-state index in [1.54, 1.807) is 4.90 Å². The molecule has 18 heavy (non-hydrogen) atoms. The monoisotopic (exact) mass is 273 g/mol. The number of ketones is 1. The largest absolute Gasteiger partial charge is 1.00 e. The normalized spacial score (nSPS) is 37.1. The molecule has 2 aliphatic carbocycles. The highest BCUT2D eigenvalue weighted by molar-refractivity contribution is 5.91. The smallest absolute Gasteiger partial charge is 0.148 e. The Kier molecular flexibility index (Phi) is 4.55. The molecule has 2 fully saturated rings. The molecule has 106 valence electrons. The van der Waals surface area contributed by atoms with E-state index in [1.807, 2.05) is 0 Å². The maximum Gasteiger partial charge on any atom is 0.148 e. The summed E-state index contributed by atoms with van der Waals surface area (Å²) in [4.78, 5) is 14.2. The third-order valence-corrected chi connectivity index (χ3v) is 6.18. The van der Waals surface area contributed by atoms with Crippen LogP contribution in [0.2, 0.25) is 0 Å². The first-order valence-electron chi connectivity index (χ1n) is 7.26. The number of hydrogen-bond donors (Lipinski definition) is 1. The Morgan fingerprint density at radius 1 is 1.22 bits per heavy atom. The van der Waals surface area contributed by atoms with Gasteiger partial charge in [0.1, 0.15) is 5.78 Å². The van der Waals surface area contributed by atoms with Gasteiger partial charge in [-0.25, -0.2) is 0 Å². The number of halogens is 1. The number of fused-ring (bicyclic) bond motifs is 2. The number of carbonyl (C=O) groups is 1. The molecule has 3 atom stereocenters. The molecule has 0 spiro atoms. The van der Waals surface area contributed by atoms with E-state index >= 15 is 0 Å². The number of quaternary nitrogens is 1. The van der Waals surface area contributed by atoms with Crippen LogP contribution in [0.1, 0.15) is 47.5 Å². The Bertz CT molecular complexity index is 324. The van der Waals surface area contributed by atoms with E-state index in [0.717, 1.165) is 26.1 Å². The van der Waals surface area contributed by atoms with Gasteiger partial charge in [0.05, 0.1) is 25.6 Å². The van der Waals surface area contributed by atoms with Crippen LogP contribution in [-0.2, 0) is 4.79 Å². The molecule has 2 aliphatic rings. The zero-order valence-corrected chi connectivity index (χ0v) is 13.2. The van der Waals surface area contributed by atoms with Gasteiger partial charge in [-0.3, -0.25) is 4.79 Å². The molecule has 0 saturated heterocycles. The number of Topliss-reactive ketones (excluding diaryl/α,β-unsaturated/α-hetero) is 1. The van der Waals surface area contributed by atoms with Crippen LogP contribution in [0.5, 0.6) is 0 Å². The van der Waals surface area contributed by atoms with Crippen molar-refractivity contribution < 1.29 is 22.1 Å². The summed E-state index contributed by atoms with van der Waals surface area (Å²) in [7, 11) is 0. The van der Waals surface area contributed by atoms with Crippen LogP contribution in [-0.4, -0.2) is 25.4 Å². The summed E-state index contributed by atoms with van der Waals surface area (Å²) in [6, 6.07) is 0. The molecule has 3 heteroatoms. The van der Waals surface area contributed by atoms with Crippen molar-refractivity contribution in [3.8, 4) is 0 Å². The summed E-state index contributed by atoms with van der Waals surface area (Å²) in [5.74, 6) is 1.53. The summed E-state index contributed by atoms with van der Waals surface area (Å²) < 4.78 is 0. The molecule has 2 rings (SSSR count). The lowest BCUT2D eigenvalue weighted by Gasteiger charge is -2.32. The van der Waals surface area contributed by atoms with E-state index in [2.05, 4.69) is 34.6 Å². The summed E-state index contributed by atoms with van der Waals surface area (Å²) in [6.07, 6.45) is 2.38. The fourth-order valence-corrected chi connectivity index (χ4v) is 4.36. The van der Waals surface area contributed by atoms with Crippen molar-refractivity contribution in [2.45, 2.75) is 47.5 Å². The van der Waals surface area contributed by atoms with Crippen LogP contribution < -0.4 is 17.3 Å². The summed E-state index contributed by atoms with van der Waals surface area (Å²) in [5.41, 5.74) is 0.191. The van der Waals surface area contributed by atoms with Crippen molar-refractivity contribution in [2.24, 2.45) is 22.7 Å². The Hall–Kier alpha value is -0.0800. The van der Waals surface area contributed by atoms with Crippen LogP contribution in [0.25, 0.3) is 0 Å². The quantitative estimate of drug-likeness (QED) is 0.666. The van der Waals surface area contributed by atoms with Gasteiger partial charge in [0.25, 0.3) is 0 Å². The van der Waals surface area contributed by atoms with Crippen LogP contribution >= 0.6 is 0 Å². The zero-order chi connectivity index (χ0) is 12.8. The highest BCUT2D eigenvalue weighted by Crippen LogP contribution is 2.65. The second-order valence-corrected chi connectivity index (χ2v) is 6.83. The molecule has 0 heterocycles. The standard InChI is InChI=1S/C15H27NO.ClH/c1-6-16(7-2)10-11-12-8-9-15(5,13(11)17)14(12,3)4;/h11-12H,6-10H2,1-5H3;1H. The highest BCUT2D eigenvalue weighted by Gasteiger charge is 2.66.